The fraction of sp³-hybridized carbons (Fsp3) is 0.200. The third kappa shape index (κ3) is 4.06. The predicted octanol–water partition coefficient (Wildman–Crippen LogP) is 5.37. The van der Waals surface area contributed by atoms with E-state index >= 15 is 0 Å². The van der Waals surface area contributed by atoms with E-state index < -0.39 is 0 Å². The Balaban J connectivity index is 2.25. The minimum absolute atomic E-state index is 0.251. The van der Waals surface area contributed by atoms with Crippen molar-refractivity contribution in [1.29, 1.82) is 0 Å². The molecule has 2 aromatic carbocycles. The van der Waals surface area contributed by atoms with Gasteiger partial charge in [0.05, 0.1) is 0 Å². The molecule has 0 radical (unpaired) electrons. The molecule has 4 heteroatoms. The van der Waals surface area contributed by atoms with Gasteiger partial charge in [0.15, 0.2) is 0 Å². The summed E-state index contributed by atoms with van der Waals surface area (Å²) in [5.74, 6) is 0. The molecule has 2 rings (SSSR count). The van der Waals surface area contributed by atoms with E-state index in [0.29, 0.717) is 0 Å². The van der Waals surface area contributed by atoms with E-state index in [1.54, 1.807) is 0 Å². The molecule has 0 fully saturated rings. The molecule has 1 nitrogen and oxygen atoms in total. The lowest BCUT2D eigenvalue weighted by molar-refractivity contribution is 0.589. The van der Waals surface area contributed by atoms with Crippen LogP contribution >= 0.6 is 43.5 Å². The highest BCUT2D eigenvalue weighted by molar-refractivity contribution is 9.11. The molecule has 100 valence electrons. The summed E-state index contributed by atoms with van der Waals surface area (Å²) < 4.78 is 2.17. The third-order valence-corrected chi connectivity index (χ3v) is 4.43. The van der Waals surface area contributed by atoms with Gasteiger partial charge in [-0.1, -0.05) is 61.7 Å². The molecule has 1 N–H and O–H groups in total. The minimum Gasteiger partial charge on any atom is -0.313 e. The van der Waals surface area contributed by atoms with Crippen molar-refractivity contribution >= 4 is 43.5 Å². The molecule has 0 aliphatic carbocycles. The summed E-state index contributed by atoms with van der Waals surface area (Å²) in [7, 11) is 1.98. The van der Waals surface area contributed by atoms with Crippen molar-refractivity contribution in [3.05, 3.63) is 67.6 Å². The van der Waals surface area contributed by atoms with Gasteiger partial charge in [-0.25, -0.2) is 0 Å². The zero-order valence-electron chi connectivity index (χ0n) is 10.5. The molecule has 2 aromatic rings. The van der Waals surface area contributed by atoms with Gasteiger partial charge in [-0.15, -0.1) is 0 Å². The molecule has 19 heavy (non-hydrogen) atoms. The first-order valence-electron chi connectivity index (χ1n) is 5.97. The summed E-state index contributed by atoms with van der Waals surface area (Å²) in [6.45, 7) is 0. The van der Waals surface area contributed by atoms with E-state index in [0.717, 1.165) is 20.4 Å². The largest absolute Gasteiger partial charge is 0.313 e. The Morgan fingerprint density at radius 3 is 2.58 bits per heavy atom. The Hall–Kier alpha value is -0.350. The molecule has 0 aliphatic heterocycles. The first-order chi connectivity index (χ1) is 9.10. The van der Waals surface area contributed by atoms with E-state index in [9.17, 15) is 0 Å². The number of hydrogen-bond acceptors (Lipinski definition) is 1. The summed E-state index contributed by atoms with van der Waals surface area (Å²) in [4.78, 5) is 0. The summed E-state index contributed by atoms with van der Waals surface area (Å²) >= 11 is 13.1. The molecule has 0 heterocycles. The number of halogens is 3. The standard InChI is InChI=1S/C15H14Br2ClN/c1-19-15(8-10-3-2-4-12(18)7-10)13-6-5-11(16)9-14(13)17/h2-7,9,15,19H,8H2,1H3. The fourth-order valence-electron chi connectivity index (χ4n) is 2.05. The molecule has 1 atom stereocenters. The first-order valence-corrected chi connectivity index (χ1v) is 7.93. The van der Waals surface area contributed by atoms with Crippen molar-refractivity contribution in [2.45, 2.75) is 12.5 Å². The van der Waals surface area contributed by atoms with Crippen molar-refractivity contribution in [2.75, 3.05) is 7.05 Å². The second-order valence-electron chi connectivity index (χ2n) is 4.34. The van der Waals surface area contributed by atoms with E-state index in [1.165, 1.54) is 11.1 Å². The van der Waals surface area contributed by atoms with Crippen LogP contribution in [-0.2, 0) is 6.42 Å². The van der Waals surface area contributed by atoms with Crippen LogP contribution < -0.4 is 5.32 Å². The van der Waals surface area contributed by atoms with Gasteiger partial charge in [0.25, 0.3) is 0 Å². The molecule has 0 saturated heterocycles. The molecular formula is C15H14Br2ClN. The van der Waals surface area contributed by atoms with Gasteiger partial charge in [0, 0.05) is 20.0 Å². The fourth-order valence-corrected chi connectivity index (χ4v) is 3.59. The van der Waals surface area contributed by atoms with Crippen molar-refractivity contribution in [3.63, 3.8) is 0 Å². The third-order valence-electron chi connectivity index (χ3n) is 3.02. The van der Waals surface area contributed by atoms with Gasteiger partial charge in [0.2, 0.25) is 0 Å². The molecule has 0 aromatic heterocycles. The lowest BCUT2D eigenvalue weighted by Gasteiger charge is -2.18. The Kier molecular flexibility index (Phi) is 5.46. The van der Waals surface area contributed by atoms with Crippen LogP contribution in [0.4, 0.5) is 0 Å². The first kappa shape index (κ1) is 15.0. The smallest absolute Gasteiger partial charge is 0.0408 e. The van der Waals surface area contributed by atoms with E-state index in [2.05, 4.69) is 61.4 Å². The zero-order chi connectivity index (χ0) is 13.8. The quantitative estimate of drug-likeness (QED) is 0.724. The van der Waals surface area contributed by atoms with Crippen LogP contribution in [0.3, 0.4) is 0 Å². The van der Waals surface area contributed by atoms with Crippen molar-refractivity contribution < 1.29 is 0 Å². The van der Waals surface area contributed by atoms with Crippen LogP contribution in [0.25, 0.3) is 0 Å². The Morgan fingerprint density at radius 1 is 1.16 bits per heavy atom. The minimum atomic E-state index is 0.251. The molecule has 0 spiro atoms. The average molecular weight is 404 g/mol. The van der Waals surface area contributed by atoms with Gasteiger partial charge in [0.1, 0.15) is 0 Å². The molecule has 0 saturated carbocycles. The Labute approximate surface area is 135 Å². The summed E-state index contributed by atoms with van der Waals surface area (Å²) in [6.07, 6.45) is 0.900. The maximum absolute atomic E-state index is 6.03. The summed E-state index contributed by atoms with van der Waals surface area (Å²) in [6, 6.07) is 14.5. The zero-order valence-corrected chi connectivity index (χ0v) is 14.4. The van der Waals surface area contributed by atoms with Crippen molar-refractivity contribution in [1.82, 2.24) is 5.32 Å². The lowest BCUT2D eigenvalue weighted by Crippen LogP contribution is -2.19. The van der Waals surface area contributed by atoms with Crippen LogP contribution in [0.15, 0.2) is 51.4 Å². The van der Waals surface area contributed by atoms with Crippen LogP contribution in [0, 0.1) is 0 Å². The lowest BCUT2D eigenvalue weighted by atomic mass is 9.99. The number of rotatable bonds is 4. The summed E-state index contributed by atoms with van der Waals surface area (Å²) in [5, 5.41) is 4.14. The van der Waals surface area contributed by atoms with E-state index in [4.69, 9.17) is 11.6 Å². The topological polar surface area (TPSA) is 12.0 Å². The van der Waals surface area contributed by atoms with Crippen LogP contribution in [-0.4, -0.2) is 7.05 Å². The normalized spacial score (nSPS) is 12.4. The van der Waals surface area contributed by atoms with Crippen LogP contribution in [0.1, 0.15) is 17.2 Å². The second kappa shape index (κ2) is 6.89. The maximum Gasteiger partial charge on any atom is 0.0408 e. The van der Waals surface area contributed by atoms with Crippen LogP contribution in [0.5, 0.6) is 0 Å². The van der Waals surface area contributed by atoms with Crippen LogP contribution in [0.2, 0.25) is 5.02 Å². The Bertz CT molecular complexity index is 572. The maximum atomic E-state index is 6.03. The van der Waals surface area contributed by atoms with Gasteiger partial charge in [-0.2, -0.15) is 0 Å². The number of benzene rings is 2. The SMILES string of the molecule is CNC(Cc1cccc(Cl)c1)c1ccc(Br)cc1Br. The highest BCUT2D eigenvalue weighted by Gasteiger charge is 2.13. The van der Waals surface area contributed by atoms with Crippen molar-refractivity contribution in [3.8, 4) is 0 Å². The molecule has 0 amide bonds. The molecular weight excluding hydrogens is 389 g/mol. The summed E-state index contributed by atoms with van der Waals surface area (Å²) in [5.41, 5.74) is 2.47. The second-order valence-corrected chi connectivity index (χ2v) is 6.55. The molecule has 0 aliphatic rings. The Morgan fingerprint density at radius 2 is 1.95 bits per heavy atom. The van der Waals surface area contributed by atoms with Gasteiger partial charge in [-0.05, 0) is 48.9 Å². The van der Waals surface area contributed by atoms with E-state index in [1.807, 2.05) is 25.2 Å². The predicted molar refractivity (Wildman–Crippen MR) is 88.8 cm³/mol. The molecule has 1 unspecified atom stereocenters. The number of likely N-dealkylation sites (N-methyl/N-ethyl adjacent to an activating group) is 1. The number of nitrogens with one attached hydrogen (secondary N) is 1. The number of hydrogen-bond donors (Lipinski definition) is 1. The molecule has 0 bridgehead atoms. The highest BCUT2D eigenvalue weighted by atomic mass is 79.9. The average Bonchev–Trinajstić information content (AvgIpc) is 2.37. The van der Waals surface area contributed by atoms with Gasteiger partial charge < -0.3 is 5.32 Å². The monoisotopic (exact) mass is 401 g/mol. The van der Waals surface area contributed by atoms with Crippen molar-refractivity contribution in [2.24, 2.45) is 0 Å². The highest BCUT2D eigenvalue weighted by Crippen LogP contribution is 2.29. The van der Waals surface area contributed by atoms with Gasteiger partial charge in [-0.3, -0.25) is 0 Å². The van der Waals surface area contributed by atoms with E-state index in [-0.39, 0.29) is 6.04 Å². The van der Waals surface area contributed by atoms with Gasteiger partial charge >= 0.3 is 0 Å².